The number of carboxylic acids is 1. The minimum absolute atomic E-state index is 0.00395. The SMILES string of the molecule is O=C(Cc1ccc(Cl)cc1)NC[C@@H](O)[C@@H](O)[C@@H]1O[C@@](OCc2ccccc2)(C(=O)O)C[C@H](OCc2cn(CCOCCOCCOCCOCCC(=O)Oc3c(F)c(F)c(F)c(F)c3F)nn2)[C@H]1NC(=O)CO. The molecule has 4 aromatic rings. The topological polar surface area (TPSA) is 278 Å². The number of carboxylic acid groups (broad SMARTS) is 1. The Balaban J connectivity index is 1.06. The number of amides is 2. The van der Waals surface area contributed by atoms with Crippen LogP contribution in [0.2, 0.25) is 5.02 Å². The van der Waals surface area contributed by atoms with E-state index in [4.69, 9.17) is 44.8 Å². The number of carbonyl (C=O) groups excluding carboxylic acids is 3. The number of hydrogen-bond donors (Lipinski definition) is 6. The zero-order valence-electron chi connectivity index (χ0n) is 38.8. The maximum absolute atomic E-state index is 13.7. The molecule has 73 heavy (non-hydrogen) atoms. The molecular formula is C46H53ClF5N5O16. The van der Waals surface area contributed by atoms with Gasteiger partial charge in [-0.1, -0.05) is 59.3 Å². The first-order chi connectivity index (χ1) is 35.0. The molecule has 5 rings (SSSR count). The van der Waals surface area contributed by atoms with Crippen molar-refractivity contribution in [3.63, 3.8) is 0 Å². The minimum atomic E-state index is -2.52. The third-order valence-electron chi connectivity index (χ3n) is 10.6. The number of aliphatic hydroxyl groups excluding tert-OH is 3. The van der Waals surface area contributed by atoms with Crippen LogP contribution in [-0.2, 0) is 78.5 Å². The monoisotopic (exact) mass is 1060 g/mol. The molecule has 0 radical (unpaired) electrons. The lowest BCUT2D eigenvalue weighted by Crippen LogP contribution is -2.68. The van der Waals surface area contributed by atoms with E-state index in [0.29, 0.717) is 16.1 Å². The van der Waals surface area contributed by atoms with E-state index in [1.54, 1.807) is 54.6 Å². The number of hydrogen-bond acceptors (Lipinski definition) is 17. The van der Waals surface area contributed by atoms with E-state index in [-0.39, 0.29) is 84.7 Å². The quantitative estimate of drug-likeness (QED) is 0.0105. The summed E-state index contributed by atoms with van der Waals surface area (Å²) in [6.45, 7) is -1.23. The van der Waals surface area contributed by atoms with Gasteiger partial charge in [-0.15, -0.1) is 5.10 Å². The van der Waals surface area contributed by atoms with Gasteiger partial charge in [0.05, 0.1) is 110 Å². The van der Waals surface area contributed by atoms with Gasteiger partial charge < -0.3 is 69.0 Å². The van der Waals surface area contributed by atoms with Crippen LogP contribution in [0.15, 0.2) is 60.8 Å². The summed E-state index contributed by atoms with van der Waals surface area (Å²) in [5, 5.41) is 56.6. The summed E-state index contributed by atoms with van der Waals surface area (Å²) in [5.74, 6) is -20.0. The number of carbonyl (C=O) groups is 4. The predicted octanol–water partition coefficient (Wildman–Crippen LogP) is 1.92. The summed E-state index contributed by atoms with van der Waals surface area (Å²) in [5.41, 5.74) is 1.44. The van der Waals surface area contributed by atoms with Crippen LogP contribution in [0.4, 0.5) is 22.0 Å². The molecule has 6 atom stereocenters. The van der Waals surface area contributed by atoms with Gasteiger partial charge in [-0.25, -0.2) is 22.6 Å². The normalized spacial score (nSPS) is 18.5. The summed E-state index contributed by atoms with van der Waals surface area (Å²) in [7, 11) is 0. The molecule has 0 aliphatic carbocycles. The first-order valence-corrected chi connectivity index (χ1v) is 22.8. The minimum Gasteiger partial charge on any atom is -0.477 e. The Labute approximate surface area is 418 Å². The van der Waals surface area contributed by atoms with Gasteiger partial charge >= 0.3 is 11.9 Å². The number of aromatic nitrogens is 3. The second-order valence-electron chi connectivity index (χ2n) is 15.9. The van der Waals surface area contributed by atoms with E-state index in [1.165, 1.54) is 10.9 Å². The number of benzene rings is 3. The molecule has 1 aromatic heterocycles. The third-order valence-corrected chi connectivity index (χ3v) is 10.9. The molecule has 1 fully saturated rings. The Kier molecular flexibility index (Phi) is 23.2. The molecule has 1 aliphatic rings. The number of esters is 1. The fraction of sp³-hybridized carbons (Fsp3) is 0.478. The molecule has 0 bridgehead atoms. The van der Waals surface area contributed by atoms with Crippen molar-refractivity contribution in [1.82, 2.24) is 25.6 Å². The van der Waals surface area contributed by atoms with Crippen LogP contribution < -0.4 is 15.4 Å². The molecular weight excluding hydrogens is 1010 g/mol. The fourth-order valence-electron chi connectivity index (χ4n) is 6.89. The Morgan fingerprint density at radius 2 is 1.40 bits per heavy atom. The van der Waals surface area contributed by atoms with Gasteiger partial charge in [0, 0.05) is 18.0 Å². The molecule has 1 saturated heterocycles. The van der Waals surface area contributed by atoms with Gasteiger partial charge in [0.25, 0.3) is 5.79 Å². The largest absolute Gasteiger partial charge is 0.477 e. The van der Waals surface area contributed by atoms with Gasteiger partial charge in [-0.05, 0) is 23.3 Å². The van der Waals surface area contributed by atoms with E-state index < -0.39 is 121 Å². The molecule has 3 aromatic carbocycles. The first-order valence-electron chi connectivity index (χ1n) is 22.4. The fourth-order valence-corrected chi connectivity index (χ4v) is 7.02. The van der Waals surface area contributed by atoms with Crippen LogP contribution in [-0.4, -0.2) is 161 Å². The van der Waals surface area contributed by atoms with E-state index in [9.17, 15) is 61.6 Å². The van der Waals surface area contributed by atoms with Crippen LogP contribution >= 0.6 is 11.6 Å². The zero-order chi connectivity index (χ0) is 52.9. The van der Waals surface area contributed by atoms with Crippen molar-refractivity contribution < 1.29 is 99.5 Å². The van der Waals surface area contributed by atoms with Crippen molar-refractivity contribution in [3.05, 3.63) is 112 Å². The number of rotatable bonds is 31. The van der Waals surface area contributed by atoms with Crippen molar-refractivity contribution in [2.24, 2.45) is 0 Å². The number of halogens is 6. The van der Waals surface area contributed by atoms with Gasteiger partial charge in [0.15, 0.2) is 0 Å². The van der Waals surface area contributed by atoms with E-state index in [2.05, 4.69) is 25.7 Å². The predicted molar refractivity (Wildman–Crippen MR) is 239 cm³/mol. The number of ether oxygens (including phenoxy) is 8. The molecule has 0 saturated carbocycles. The summed E-state index contributed by atoms with van der Waals surface area (Å²) in [4.78, 5) is 50.3. The van der Waals surface area contributed by atoms with Crippen molar-refractivity contribution in [3.8, 4) is 5.75 Å². The highest BCUT2D eigenvalue weighted by Crippen LogP contribution is 2.36. The molecule has 1 aliphatic heterocycles. The molecule has 21 nitrogen and oxygen atoms in total. The lowest BCUT2D eigenvalue weighted by molar-refractivity contribution is -0.318. The lowest BCUT2D eigenvalue weighted by atomic mass is 9.88. The van der Waals surface area contributed by atoms with Crippen molar-refractivity contribution in [2.75, 3.05) is 66.0 Å². The Bertz CT molecular complexity index is 2390. The number of nitrogens with one attached hydrogen (secondary N) is 2. The highest BCUT2D eigenvalue weighted by molar-refractivity contribution is 6.30. The molecule has 27 heteroatoms. The zero-order valence-corrected chi connectivity index (χ0v) is 39.5. The summed E-state index contributed by atoms with van der Waals surface area (Å²) in [6.07, 6.45) is -6.56. The maximum Gasteiger partial charge on any atom is 0.364 e. The van der Waals surface area contributed by atoms with Crippen LogP contribution in [0.25, 0.3) is 0 Å². The first kappa shape index (κ1) is 58.1. The molecule has 400 valence electrons. The number of nitrogens with zero attached hydrogens (tertiary/aromatic N) is 3. The van der Waals surface area contributed by atoms with Crippen molar-refractivity contribution >= 4 is 35.4 Å². The summed E-state index contributed by atoms with van der Waals surface area (Å²) in [6, 6.07) is 13.6. The highest BCUT2D eigenvalue weighted by Gasteiger charge is 2.56. The third kappa shape index (κ3) is 17.7. The van der Waals surface area contributed by atoms with Gasteiger partial charge in [-0.3, -0.25) is 14.4 Å². The molecule has 6 N–H and O–H groups in total. The summed E-state index contributed by atoms with van der Waals surface area (Å²) < 4.78 is 112. The van der Waals surface area contributed by atoms with Crippen LogP contribution in [0, 0.1) is 29.1 Å². The standard InChI is InChI=1S/C46H53ClF5N5O16/c47-29-8-6-27(7-9-29)20-33(60)53-22-31(59)42(63)44-41(54-34(61)24-58)32(21-46(73-44,45(64)65)71-25-28-4-2-1-3-5-28)70-26-30-23-57(56-55-30)11-13-67-15-17-69-19-18-68-16-14-66-12-10-35(62)72-43-39(51)37(49)36(48)38(50)40(43)52/h1-9,23,31-32,41-42,44,58-59,63H,10-22,24-26H2,(H,53,60)(H,54,61)(H,64,65)/t31-,32+,41-,42-,44-,46-/m1/s1. The average Bonchev–Trinajstić information content (AvgIpc) is 3.85. The van der Waals surface area contributed by atoms with Gasteiger partial charge in [0.2, 0.25) is 46.6 Å². The van der Waals surface area contributed by atoms with Crippen molar-refractivity contribution in [1.29, 1.82) is 0 Å². The summed E-state index contributed by atoms with van der Waals surface area (Å²) >= 11 is 5.93. The smallest absolute Gasteiger partial charge is 0.364 e. The number of aliphatic hydroxyl groups is 3. The molecule has 0 spiro atoms. The highest BCUT2D eigenvalue weighted by atomic mass is 35.5. The number of aliphatic carboxylic acids is 1. The Morgan fingerprint density at radius 3 is 2.01 bits per heavy atom. The maximum atomic E-state index is 13.7. The molecule has 0 unspecified atom stereocenters. The molecule has 2 heterocycles. The average molecular weight is 1060 g/mol. The second-order valence-corrected chi connectivity index (χ2v) is 16.4. The van der Waals surface area contributed by atoms with Crippen molar-refractivity contribution in [2.45, 2.75) is 75.3 Å². The lowest BCUT2D eigenvalue weighted by Gasteiger charge is -2.47. The van der Waals surface area contributed by atoms with Crippen LogP contribution in [0.5, 0.6) is 5.75 Å². The van der Waals surface area contributed by atoms with Gasteiger partial charge in [0.1, 0.15) is 24.5 Å². The second kappa shape index (κ2) is 29.2. The van der Waals surface area contributed by atoms with Crippen LogP contribution in [0.3, 0.4) is 0 Å². The van der Waals surface area contributed by atoms with E-state index in [0.717, 1.165) is 0 Å². The Hall–Kier alpha value is -5.78. The van der Waals surface area contributed by atoms with E-state index in [1.807, 2.05) is 0 Å². The van der Waals surface area contributed by atoms with Crippen LogP contribution in [0.1, 0.15) is 29.7 Å². The van der Waals surface area contributed by atoms with Gasteiger partial charge in [-0.2, -0.15) is 8.78 Å². The van der Waals surface area contributed by atoms with E-state index >= 15 is 0 Å². The molecule has 2 amide bonds. The Morgan fingerprint density at radius 1 is 0.795 bits per heavy atom.